The molecule has 0 spiro atoms. The zero-order valence-electron chi connectivity index (χ0n) is 9.32. The number of benzene rings is 1. The molecule has 1 saturated carbocycles. The Kier molecular flexibility index (Phi) is 3.77. The molecule has 0 bridgehead atoms. The van der Waals surface area contributed by atoms with Crippen molar-refractivity contribution in [2.24, 2.45) is 10.8 Å². The van der Waals surface area contributed by atoms with Gasteiger partial charge in [-0.15, -0.1) is 0 Å². The molecule has 0 unspecified atom stereocenters. The number of para-hydroxylation sites is 1. The van der Waals surface area contributed by atoms with Crippen LogP contribution in [0, 0.1) is 0 Å². The Morgan fingerprint density at radius 3 is 2.50 bits per heavy atom. The van der Waals surface area contributed by atoms with E-state index in [1.165, 1.54) is 25.7 Å². The van der Waals surface area contributed by atoms with Gasteiger partial charge in [-0.25, -0.2) is 10.8 Å². The van der Waals surface area contributed by atoms with Gasteiger partial charge in [0.1, 0.15) is 0 Å². The number of nitrogens with one attached hydrogen (secondary N) is 2. The van der Waals surface area contributed by atoms with E-state index in [4.69, 9.17) is 5.84 Å². The third kappa shape index (κ3) is 2.97. The highest BCUT2D eigenvalue weighted by Crippen LogP contribution is 2.20. The summed E-state index contributed by atoms with van der Waals surface area (Å²) in [6, 6.07) is 10.3. The van der Waals surface area contributed by atoms with Crippen molar-refractivity contribution in [2.75, 3.05) is 5.32 Å². The van der Waals surface area contributed by atoms with Crippen LogP contribution in [0.25, 0.3) is 0 Å². The van der Waals surface area contributed by atoms with Crippen LogP contribution in [0.4, 0.5) is 5.69 Å². The molecule has 4 N–H and O–H groups in total. The summed E-state index contributed by atoms with van der Waals surface area (Å²) in [7, 11) is 0. The van der Waals surface area contributed by atoms with E-state index in [-0.39, 0.29) is 0 Å². The molecular formula is C12H18N4. The maximum Gasteiger partial charge on any atom is 0.210 e. The molecular weight excluding hydrogens is 200 g/mol. The van der Waals surface area contributed by atoms with Crippen LogP contribution in [0.15, 0.2) is 35.3 Å². The number of hydrogen-bond donors (Lipinski definition) is 3. The summed E-state index contributed by atoms with van der Waals surface area (Å²) >= 11 is 0. The molecule has 4 nitrogen and oxygen atoms in total. The van der Waals surface area contributed by atoms with Gasteiger partial charge in [-0.2, -0.15) is 0 Å². The fraction of sp³-hybridized carbons (Fsp3) is 0.417. The first-order valence-corrected chi connectivity index (χ1v) is 5.75. The highest BCUT2D eigenvalue weighted by molar-refractivity contribution is 5.93. The summed E-state index contributed by atoms with van der Waals surface area (Å²) in [6.45, 7) is 0. The van der Waals surface area contributed by atoms with E-state index in [2.05, 4.69) is 15.7 Å². The van der Waals surface area contributed by atoms with Crippen molar-refractivity contribution in [1.82, 2.24) is 5.43 Å². The van der Waals surface area contributed by atoms with Crippen LogP contribution in [0.3, 0.4) is 0 Å². The lowest BCUT2D eigenvalue weighted by Crippen LogP contribution is -2.37. The fourth-order valence-electron chi connectivity index (χ4n) is 1.98. The molecule has 1 aromatic carbocycles. The van der Waals surface area contributed by atoms with E-state index in [9.17, 15) is 0 Å². The van der Waals surface area contributed by atoms with Crippen LogP contribution >= 0.6 is 0 Å². The molecule has 0 heterocycles. The van der Waals surface area contributed by atoms with Gasteiger partial charge >= 0.3 is 0 Å². The molecule has 0 amide bonds. The number of hydrazine groups is 1. The molecule has 1 aliphatic carbocycles. The monoisotopic (exact) mass is 218 g/mol. The van der Waals surface area contributed by atoms with Crippen molar-refractivity contribution in [1.29, 1.82) is 0 Å². The second-order valence-corrected chi connectivity index (χ2v) is 4.05. The summed E-state index contributed by atoms with van der Waals surface area (Å²) in [5.41, 5.74) is 3.61. The lowest BCUT2D eigenvalue weighted by molar-refractivity contribution is 0.700. The van der Waals surface area contributed by atoms with Gasteiger partial charge in [0.2, 0.25) is 5.96 Å². The molecule has 16 heavy (non-hydrogen) atoms. The van der Waals surface area contributed by atoms with Gasteiger partial charge in [-0.1, -0.05) is 31.0 Å². The number of nitrogens with two attached hydrogens (primary N) is 1. The molecule has 1 aliphatic rings. The van der Waals surface area contributed by atoms with Crippen molar-refractivity contribution >= 4 is 11.6 Å². The van der Waals surface area contributed by atoms with E-state index >= 15 is 0 Å². The van der Waals surface area contributed by atoms with Crippen molar-refractivity contribution in [3.8, 4) is 0 Å². The summed E-state index contributed by atoms with van der Waals surface area (Å²) < 4.78 is 0. The smallest absolute Gasteiger partial charge is 0.210 e. The zero-order chi connectivity index (χ0) is 11.2. The Labute approximate surface area is 95.9 Å². The first-order valence-electron chi connectivity index (χ1n) is 5.75. The second-order valence-electron chi connectivity index (χ2n) is 4.05. The minimum atomic E-state index is 0.419. The lowest BCUT2D eigenvalue weighted by Gasteiger charge is -2.11. The third-order valence-corrected chi connectivity index (χ3v) is 2.81. The highest BCUT2D eigenvalue weighted by atomic mass is 15.3. The maximum absolute atomic E-state index is 5.46. The summed E-state index contributed by atoms with van der Waals surface area (Å²) in [5.74, 6) is 6.11. The zero-order valence-corrected chi connectivity index (χ0v) is 9.32. The summed E-state index contributed by atoms with van der Waals surface area (Å²) in [5, 5.41) is 3.17. The Bertz CT molecular complexity index is 341. The van der Waals surface area contributed by atoms with Crippen molar-refractivity contribution in [2.45, 2.75) is 31.7 Å². The average Bonchev–Trinajstić information content (AvgIpc) is 2.82. The number of anilines is 1. The van der Waals surface area contributed by atoms with Gasteiger partial charge in [0.15, 0.2) is 0 Å². The van der Waals surface area contributed by atoms with Crippen molar-refractivity contribution in [3.05, 3.63) is 30.3 Å². The van der Waals surface area contributed by atoms with Crippen LogP contribution in [-0.2, 0) is 0 Å². The van der Waals surface area contributed by atoms with Gasteiger partial charge in [-0.3, -0.25) is 5.43 Å². The first kappa shape index (κ1) is 11.0. The Balaban J connectivity index is 1.99. The molecule has 4 heteroatoms. The molecule has 0 saturated heterocycles. The van der Waals surface area contributed by atoms with E-state index in [1.54, 1.807) is 0 Å². The first-order chi connectivity index (χ1) is 7.88. The molecule has 0 radical (unpaired) electrons. The molecule has 0 aromatic heterocycles. The number of guanidine groups is 1. The van der Waals surface area contributed by atoms with Gasteiger partial charge in [0.05, 0.1) is 6.04 Å². The van der Waals surface area contributed by atoms with Crippen molar-refractivity contribution < 1.29 is 0 Å². The van der Waals surface area contributed by atoms with Crippen LogP contribution in [0.1, 0.15) is 25.7 Å². The van der Waals surface area contributed by atoms with Crippen LogP contribution in [0.2, 0.25) is 0 Å². The van der Waals surface area contributed by atoms with Crippen LogP contribution < -0.4 is 16.6 Å². The molecule has 1 fully saturated rings. The Morgan fingerprint density at radius 1 is 1.19 bits per heavy atom. The summed E-state index contributed by atoms with van der Waals surface area (Å²) in [4.78, 5) is 4.56. The number of rotatable bonds is 2. The van der Waals surface area contributed by atoms with Gasteiger partial charge in [-0.05, 0) is 25.0 Å². The summed E-state index contributed by atoms with van der Waals surface area (Å²) in [6.07, 6.45) is 4.89. The van der Waals surface area contributed by atoms with Gasteiger partial charge < -0.3 is 5.32 Å². The maximum atomic E-state index is 5.46. The predicted molar refractivity (Wildman–Crippen MR) is 67.1 cm³/mol. The van der Waals surface area contributed by atoms with Crippen LogP contribution in [-0.4, -0.2) is 12.0 Å². The topological polar surface area (TPSA) is 62.4 Å². The molecule has 0 atom stereocenters. The molecule has 86 valence electrons. The number of aliphatic imine (C=N–C) groups is 1. The quantitative estimate of drug-likeness (QED) is 0.307. The number of hydrogen-bond acceptors (Lipinski definition) is 2. The predicted octanol–water partition coefficient (Wildman–Crippen LogP) is 1.86. The minimum Gasteiger partial charge on any atom is -0.325 e. The second kappa shape index (κ2) is 5.51. The normalized spacial score (nSPS) is 17.4. The minimum absolute atomic E-state index is 0.419. The Hall–Kier alpha value is -1.55. The highest BCUT2D eigenvalue weighted by Gasteiger charge is 2.14. The third-order valence-electron chi connectivity index (χ3n) is 2.81. The van der Waals surface area contributed by atoms with Gasteiger partial charge in [0, 0.05) is 5.69 Å². The standard InChI is InChI=1S/C12H18N4/c13-16-12(15-11-8-4-5-9-11)14-10-6-2-1-3-7-10/h1-3,6-7,11H,4-5,8-9,13H2,(H2,14,15,16). The molecule has 2 rings (SSSR count). The Morgan fingerprint density at radius 2 is 1.88 bits per heavy atom. The average molecular weight is 218 g/mol. The van der Waals surface area contributed by atoms with Crippen molar-refractivity contribution in [3.63, 3.8) is 0 Å². The van der Waals surface area contributed by atoms with E-state index in [0.29, 0.717) is 12.0 Å². The lowest BCUT2D eigenvalue weighted by atomic mass is 10.3. The SMILES string of the molecule is NNC(=NC1CCCC1)Nc1ccccc1. The molecule has 0 aliphatic heterocycles. The van der Waals surface area contributed by atoms with Gasteiger partial charge in [0.25, 0.3) is 0 Å². The van der Waals surface area contributed by atoms with E-state index < -0.39 is 0 Å². The molecule has 1 aromatic rings. The van der Waals surface area contributed by atoms with E-state index in [0.717, 1.165) is 5.69 Å². The largest absolute Gasteiger partial charge is 0.325 e. The van der Waals surface area contributed by atoms with E-state index in [1.807, 2.05) is 30.3 Å². The van der Waals surface area contributed by atoms with Crippen LogP contribution in [0.5, 0.6) is 0 Å². The fourth-order valence-corrected chi connectivity index (χ4v) is 1.98. The number of nitrogens with zero attached hydrogens (tertiary/aromatic N) is 1.